The molecule has 0 aromatic carbocycles. The highest BCUT2D eigenvalue weighted by Crippen LogP contribution is 2.31. The second kappa shape index (κ2) is 5.28. The van der Waals surface area contributed by atoms with Crippen molar-refractivity contribution >= 4 is 11.8 Å². The van der Waals surface area contributed by atoms with Gasteiger partial charge in [0, 0.05) is 23.9 Å². The van der Waals surface area contributed by atoms with Crippen LogP contribution < -0.4 is 5.32 Å². The van der Waals surface area contributed by atoms with E-state index in [2.05, 4.69) is 25.4 Å². The smallest absolute Gasteiger partial charge is 0.0641 e. The van der Waals surface area contributed by atoms with Gasteiger partial charge >= 0.3 is 0 Å². The molecule has 1 saturated heterocycles. The molecule has 0 aromatic heterocycles. The number of thioether (sulfide) groups is 1. The zero-order valence-corrected chi connectivity index (χ0v) is 11.6. The van der Waals surface area contributed by atoms with Crippen molar-refractivity contribution in [1.82, 2.24) is 5.32 Å². The molecular formula is C13H25NOS. The van der Waals surface area contributed by atoms with Crippen molar-refractivity contribution in [3.63, 3.8) is 0 Å². The lowest BCUT2D eigenvalue weighted by Gasteiger charge is -2.38. The van der Waals surface area contributed by atoms with Crippen LogP contribution in [0.25, 0.3) is 0 Å². The van der Waals surface area contributed by atoms with Crippen LogP contribution in [0.2, 0.25) is 0 Å². The summed E-state index contributed by atoms with van der Waals surface area (Å²) in [6.45, 7) is 5.34. The van der Waals surface area contributed by atoms with Gasteiger partial charge in [-0.15, -0.1) is 0 Å². The summed E-state index contributed by atoms with van der Waals surface area (Å²) in [5, 5.41) is 4.71. The van der Waals surface area contributed by atoms with Crippen molar-refractivity contribution in [2.75, 3.05) is 12.9 Å². The van der Waals surface area contributed by atoms with E-state index in [1.807, 2.05) is 11.8 Å². The summed E-state index contributed by atoms with van der Waals surface area (Å²) in [7, 11) is 0. The van der Waals surface area contributed by atoms with E-state index in [-0.39, 0.29) is 5.60 Å². The molecule has 0 amide bonds. The molecule has 2 aliphatic rings. The van der Waals surface area contributed by atoms with E-state index >= 15 is 0 Å². The van der Waals surface area contributed by atoms with Gasteiger partial charge in [0.25, 0.3) is 0 Å². The van der Waals surface area contributed by atoms with E-state index in [0.29, 0.717) is 6.04 Å². The van der Waals surface area contributed by atoms with Gasteiger partial charge in [0.2, 0.25) is 0 Å². The van der Waals surface area contributed by atoms with Crippen LogP contribution in [0.15, 0.2) is 0 Å². The third kappa shape index (κ3) is 3.14. The lowest BCUT2D eigenvalue weighted by atomic mass is 9.93. The largest absolute Gasteiger partial charge is 0.375 e. The van der Waals surface area contributed by atoms with E-state index in [0.717, 1.165) is 24.3 Å². The molecule has 0 spiro atoms. The Balaban J connectivity index is 1.84. The van der Waals surface area contributed by atoms with E-state index in [1.165, 1.54) is 25.7 Å². The normalized spacial score (nSPS) is 38.8. The molecular weight excluding hydrogens is 218 g/mol. The number of rotatable bonds is 3. The molecule has 94 valence electrons. The number of ether oxygens (including phenoxy) is 1. The molecule has 3 atom stereocenters. The van der Waals surface area contributed by atoms with Gasteiger partial charge in [0.05, 0.1) is 5.60 Å². The standard InChI is InChI=1S/C13H25NOS/c1-13(2)9-10(7-8-15-13)14-11-5-4-6-12(11)16-3/h10-12,14H,4-9H2,1-3H3. The van der Waals surface area contributed by atoms with E-state index < -0.39 is 0 Å². The van der Waals surface area contributed by atoms with Crippen LogP contribution in [-0.4, -0.2) is 35.8 Å². The first kappa shape index (κ1) is 12.7. The predicted octanol–water partition coefficient (Wildman–Crippen LogP) is 2.82. The minimum atomic E-state index is 0.0728. The van der Waals surface area contributed by atoms with Gasteiger partial charge in [-0.2, -0.15) is 11.8 Å². The third-order valence-corrected chi connectivity index (χ3v) is 5.07. The highest BCUT2D eigenvalue weighted by Gasteiger charge is 2.33. The highest BCUT2D eigenvalue weighted by molar-refractivity contribution is 7.99. The number of hydrogen-bond donors (Lipinski definition) is 1. The zero-order chi connectivity index (χ0) is 11.6. The second-order valence-corrected chi connectivity index (χ2v) is 6.85. The molecule has 1 N–H and O–H groups in total. The van der Waals surface area contributed by atoms with Crippen LogP contribution in [0, 0.1) is 0 Å². The first-order valence-corrected chi connectivity index (χ1v) is 7.82. The van der Waals surface area contributed by atoms with E-state index in [9.17, 15) is 0 Å². The van der Waals surface area contributed by atoms with Crippen molar-refractivity contribution in [3.8, 4) is 0 Å². The summed E-state index contributed by atoms with van der Waals surface area (Å²) in [4.78, 5) is 0. The summed E-state index contributed by atoms with van der Waals surface area (Å²) >= 11 is 2.04. The molecule has 0 aromatic rings. The Labute approximate surface area is 104 Å². The summed E-state index contributed by atoms with van der Waals surface area (Å²) in [6, 6.07) is 1.41. The topological polar surface area (TPSA) is 21.3 Å². The minimum Gasteiger partial charge on any atom is -0.375 e. The lowest BCUT2D eigenvalue weighted by molar-refractivity contribution is -0.0640. The maximum atomic E-state index is 5.77. The fourth-order valence-corrected chi connectivity index (χ4v) is 4.02. The minimum absolute atomic E-state index is 0.0728. The highest BCUT2D eigenvalue weighted by atomic mass is 32.2. The van der Waals surface area contributed by atoms with Gasteiger partial charge in [0.1, 0.15) is 0 Å². The average Bonchev–Trinajstić information content (AvgIpc) is 2.63. The molecule has 3 unspecified atom stereocenters. The second-order valence-electron chi connectivity index (χ2n) is 5.78. The molecule has 16 heavy (non-hydrogen) atoms. The molecule has 2 rings (SSSR count). The van der Waals surface area contributed by atoms with Crippen LogP contribution in [0.5, 0.6) is 0 Å². The molecule has 0 radical (unpaired) electrons. The van der Waals surface area contributed by atoms with Gasteiger partial charge in [-0.3, -0.25) is 0 Å². The predicted molar refractivity (Wildman–Crippen MR) is 71.1 cm³/mol. The Bertz CT molecular complexity index is 232. The molecule has 2 fully saturated rings. The first-order valence-electron chi connectivity index (χ1n) is 6.53. The van der Waals surface area contributed by atoms with Crippen molar-refractivity contribution in [1.29, 1.82) is 0 Å². The van der Waals surface area contributed by atoms with E-state index in [1.54, 1.807) is 0 Å². The molecule has 0 bridgehead atoms. The fraction of sp³-hybridized carbons (Fsp3) is 1.00. The van der Waals surface area contributed by atoms with Crippen LogP contribution in [-0.2, 0) is 4.74 Å². The maximum absolute atomic E-state index is 5.77. The Morgan fingerprint density at radius 1 is 1.25 bits per heavy atom. The van der Waals surface area contributed by atoms with Gasteiger partial charge in [0.15, 0.2) is 0 Å². The van der Waals surface area contributed by atoms with Crippen molar-refractivity contribution < 1.29 is 4.74 Å². The number of nitrogens with one attached hydrogen (secondary N) is 1. The van der Waals surface area contributed by atoms with Crippen molar-refractivity contribution in [2.24, 2.45) is 0 Å². The third-order valence-electron chi connectivity index (χ3n) is 3.90. The molecule has 3 heteroatoms. The van der Waals surface area contributed by atoms with Crippen LogP contribution >= 0.6 is 11.8 Å². The quantitative estimate of drug-likeness (QED) is 0.823. The lowest BCUT2D eigenvalue weighted by Crippen LogP contribution is -2.48. The monoisotopic (exact) mass is 243 g/mol. The summed E-state index contributed by atoms with van der Waals surface area (Å²) in [5.41, 5.74) is 0.0728. The van der Waals surface area contributed by atoms with Crippen molar-refractivity contribution in [3.05, 3.63) is 0 Å². The maximum Gasteiger partial charge on any atom is 0.0641 e. The van der Waals surface area contributed by atoms with Gasteiger partial charge < -0.3 is 10.1 Å². The van der Waals surface area contributed by atoms with Crippen molar-refractivity contribution in [2.45, 2.75) is 68.9 Å². The molecule has 1 aliphatic carbocycles. The zero-order valence-electron chi connectivity index (χ0n) is 10.8. The Morgan fingerprint density at radius 2 is 2.06 bits per heavy atom. The van der Waals surface area contributed by atoms with Crippen LogP contribution in [0.1, 0.15) is 46.0 Å². The summed E-state index contributed by atoms with van der Waals surface area (Å²) in [6.07, 6.45) is 8.74. The van der Waals surface area contributed by atoms with Crippen LogP contribution in [0.4, 0.5) is 0 Å². The van der Waals surface area contributed by atoms with E-state index in [4.69, 9.17) is 4.74 Å². The van der Waals surface area contributed by atoms with Crippen LogP contribution in [0.3, 0.4) is 0 Å². The Morgan fingerprint density at radius 3 is 2.75 bits per heavy atom. The molecule has 1 heterocycles. The van der Waals surface area contributed by atoms with Gasteiger partial charge in [-0.05, 0) is 45.8 Å². The Hall–Kier alpha value is 0.270. The summed E-state index contributed by atoms with van der Waals surface area (Å²) < 4.78 is 5.77. The average molecular weight is 243 g/mol. The SMILES string of the molecule is CSC1CCCC1NC1CCOC(C)(C)C1. The number of hydrogen-bond acceptors (Lipinski definition) is 3. The fourth-order valence-electron chi connectivity index (χ4n) is 3.08. The van der Waals surface area contributed by atoms with Gasteiger partial charge in [-0.25, -0.2) is 0 Å². The molecule has 1 saturated carbocycles. The first-order chi connectivity index (χ1) is 7.61. The van der Waals surface area contributed by atoms with Gasteiger partial charge in [-0.1, -0.05) is 6.42 Å². The molecule has 1 aliphatic heterocycles. The summed E-state index contributed by atoms with van der Waals surface area (Å²) in [5.74, 6) is 0. The molecule has 2 nitrogen and oxygen atoms in total. The Kier molecular flexibility index (Phi) is 4.20.